The topological polar surface area (TPSA) is 78.5 Å². The highest BCUT2D eigenvalue weighted by Crippen LogP contribution is 2.18. The Kier molecular flexibility index (Phi) is 5.11. The monoisotopic (exact) mass is 384 g/mol. The third-order valence-electron chi connectivity index (χ3n) is 4.42. The largest absolute Gasteiger partial charge is 0.288 e. The van der Waals surface area contributed by atoms with Crippen LogP contribution in [0.3, 0.4) is 0 Å². The van der Waals surface area contributed by atoms with Crippen molar-refractivity contribution in [3.63, 3.8) is 0 Å². The molecule has 0 saturated carbocycles. The molecule has 0 saturated heterocycles. The normalized spacial score (nSPS) is 11.2. The summed E-state index contributed by atoms with van der Waals surface area (Å²) < 4.78 is 3.36. The lowest BCUT2D eigenvalue weighted by molar-refractivity contribution is 0.762. The van der Waals surface area contributed by atoms with E-state index in [0.29, 0.717) is 17.9 Å². The quantitative estimate of drug-likeness (QED) is 0.528. The summed E-state index contributed by atoms with van der Waals surface area (Å²) in [5, 5.41) is 8.65. The van der Waals surface area contributed by atoms with E-state index in [9.17, 15) is 4.79 Å². The van der Waals surface area contributed by atoms with Gasteiger partial charge in [-0.1, -0.05) is 30.4 Å². The van der Waals surface area contributed by atoms with Gasteiger partial charge in [0.25, 0.3) is 0 Å². The van der Waals surface area contributed by atoms with E-state index in [1.54, 1.807) is 34.2 Å². The van der Waals surface area contributed by atoms with Crippen LogP contribution < -0.4 is 5.43 Å². The molecule has 0 aliphatic rings. The molecule has 0 aliphatic carbocycles. The predicted octanol–water partition coefficient (Wildman–Crippen LogP) is 3.05. The Labute approximate surface area is 168 Å². The van der Waals surface area contributed by atoms with Gasteiger partial charge in [0, 0.05) is 49.3 Å². The van der Waals surface area contributed by atoms with Crippen LogP contribution in [0.1, 0.15) is 23.7 Å². The summed E-state index contributed by atoms with van der Waals surface area (Å²) >= 11 is 0. The molecule has 0 fully saturated rings. The number of nitrogens with zero attached hydrogens (tertiary/aromatic N) is 6. The second kappa shape index (κ2) is 8.02. The molecule has 0 unspecified atom stereocenters. The van der Waals surface area contributed by atoms with Crippen LogP contribution in [0.4, 0.5) is 0 Å². The Morgan fingerprint density at radius 1 is 1.10 bits per heavy atom. The number of hydrogen-bond acceptors (Lipinski definition) is 5. The Morgan fingerprint density at radius 2 is 1.93 bits per heavy atom. The zero-order chi connectivity index (χ0) is 20.2. The Morgan fingerprint density at radius 3 is 2.66 bits per heavy atom. The fraction of sp³-hybridized carbons (Fsp3) is 0.136. The summed E-state index contributed by atoms with van der Waals surface area (Å²) in [6.45, 7) is 1.96. The van der Waals surface area contributed by atoms with Crippen molar-refractivity contribution in [3.8, 4) is 17.1 Å². The lowest BCUT2D eigenvalue weighted by Crippen LogP contribution is -2.16. The van der Waals surface area contributed by atoms with Gasteiger partial charge in [-0.05, 0) is 18.6 Å². The molecule has 0 spiro atoms. The summed E-state index contributed by atoms with van der Waals surface area (Å²) in [7, 11) is 1.84. The van der Waals surface area contributed by atoms with E-state index < -0.39 is 0 Å². The van der Waals surface area contributed by atoms with Crippen molar-refractivity contribution >= 4 is 6.08 Å². The molecule has 0 bridgehead atoms. The predicted molar refractivity (Wildman–Crippen MR) is 112 cm³/mol. The number of rotatable bonds is 5. The van der Waals surface area contributed by atoms with Crippen LogP contribution in [0.15, 0.2) is 72.2 Å². The standard InChI is InChI=1S/C22H20N6O/c1-3-5-17-12-23-22(24-13-17)18-7-4-6-16(10-18)11-20-21(29)8-9-28(26-20)19-14-25-27(2)15-19/h3-10,12-15H,11H2,1-2H3. The van der Waals surface area contributed by atoms with Crippen LogP contribution in [0.5, 0.6) is 0 Å². The third-order valence-corrected chi connectivity index (χ3v) is 4.42. The average molecular weight is 384 g/mol. The van der Waals surface area contributed by atoms with Gasteiger partial charge in [-0.25, -0.2) is 14.6 Å². The number of allylic oxidation sites excluding steroid dienone is 1. The van der Waals surface area contributed by atoms with E-state index in [4.69, 9.17) is 0 Å². The van der Waals surface area contributed by atoms with E-state index in [0.717, 1.165) is 22.4 Å². The van der Waals surface area contributed by atoms with Crippen LogP contribution >= 0.6 is 0 Å². The fourth-order valence-corrected chi connectivity index (χ4v) is 3.02. The zero-order valence-corrected chi connectivity index (χ0v) is 16.2. The zero-order valence-electron chi connectivity index (χ0n) is 16.2. The minimum Gasteiger partial charge on any atom is -0.288 e. The Hall–Kier alpha value is -3.87. The lowest BCUT2D eigenvalue weighted by Gasteiger charge is -2.07. The van der Waals surface area contributed by atoms with Crippen molar-refractivity contribution in [2.45, 2.75) is 13.3 Å². The van der Waals surface area contributed by atoms with Gasteiger partial charge in [0.15, 0.2) is 5.82 Å². The summed E-state index contributed by atoms with van der Waals surface area (Å²) in [4.78, 5) is 21.2. The maximum Gasteiger partial charge on any atom is 0.203 e. The smallest absolute Gasteiger partial charge is 0.203 e. The van der Waals surface area contributed by atoms with Crippen LogP contribution in [-0.4, -0.2) is 29.5 Å². The first-order valence-corrected chi connectivity index (χ1v) is 9.24. The molecule has 4 aromatic rings. The van der Waals surface area contributed by atoms with Crippen LogP contribution in [0, 0.1) is 0 Å². The van der Waals surface area contributed by atoms with E-state index in [1.165, 1.54) is 6.07 Å². The van der Waals surface area contributed by atoms with E-state index in [-0.39, 0.29) is 5.43 Å². The van der Waals surface area contributed by atoms with Gasteiger partial charge < -0.3 is 0 Å². The molecule has 7 nitrogen and oxygen atoms in total. The molecule has 0 atom stereocenters. The lowest BCUT2D eigenvalue weighted by atomic mass is 10.1. The summed E-state index contributed by atoms with van der Waals surface area (Å²) in [5.41, 5.74) is 4.00. The number of hydrogen-bond donors (Lipinski definition) is 0. The first-order chi connectivity index (χ1) is 14.1. The highest BCUT2D eigenvalue weighted by atomic mass is 16.1. The molecule has 3 aromatic heterocycles. The second-order valence-electron chi connectivity index (χ2n) is 6.66. The van der Waals surface area contributed by atoms with Crippen molar-refractivity contribution in [2.24, 2.45) is 7.05 Å². The van der Waals surface area contributed by atoms with Gasteiger partial charge in [-0.3, -0.25) is 9.48 Å². The number of benzene rings is 1. The third kappa shape index (κ3) is 4.19. The Balaban J connectivity index is 1.62. The highest BCUT2D eigenvalue weighted by Gasteiger charge is 2.08. The van der Waals surface area contributed by atoms with Gasteiger partial charge in [0.2, 0.25) is 5.43 Å². The van der Waals surface area contributed by atoms with Crippen molar-refractivity contribution < 1.29 is 0 Å². The van der Waals surface area contributed by atoms with E-state index in [1.807, 2.05) is 56.6 Å². The molecule has 0 aliphatic heterocycles. The van der Waals surface area contributed by atoms with Gasteiger partial charge in [-0.15, -0.1) is 0 Å². The van der Waals surface area contributed by atoms with Gasteiger partial charge >= 0.3 is 0 Å². The minimum absolute atomic E-state index is 0.0949. The van der Waals surface area contributed by atoms with E-state index >= 15 is 0 Å². The molecule has 0 N–H and O–H groups in total. The average Bonchev–Trinajstić information content (AvgIpc) is 3.17. The minimum atomic E-state index is -0.0949. The summed E-state index contributed by atoms with van der Waals surface area (Å²) in [5.74, 6) is 0.647. The maximum absolute atomic E-state index is 12.3. The SMILES string of the molecule is CC=Cc1cnc(-c2cccc(Cc3nn(-c4cnn(C)c4)ccc3=O)c2)nc1. The van der Waals surface area contributed by atoms with Gasteiger partial charge in [0.05, 0.1) is 12.4 Å². The Bertz CT molecular complexity index is 1220. The highest BCUT2D eigenvalue weighted by molar-refractivity contribution is 5.57. The molecule has 3 heterocycles. The number of aromatic nitrogens is 6. The molecular weight excluding hydrogens is 364 g/mol. The van der Waals surface area contributed by atoms with Crippen molar-refractivity contribution in [3.05, 3.63) is 94.4 Å². The number of aryl methyl sites for hydroxylation is 1. The molecule has 0 radical (unpaired) electrons. The van der Waals surface area contributed by atoms with Crippen LogP contribution in [0.2, 0.25) is 0 Å². The second-order valence-corrected chi connectivity index (χ2v) is 6.66. The van der Waals surface area contributed by atoms with Gasteiger partial charge in [-0.2, -0.15) is 10.2 Å². The van der Waals surface area contributed by atoms with Crippen molar-refractivity contribution in [1.82, 2.24) is 29.5 Å². The summed E-state index contributed by atoms with van der Waals surface area (Å²) in [6.07, 6.45) is 13.1. The first-order valence-electron chi connectivity index (χ1n) is 9.24. The van der Waals surface area contributed by atoms with Crippen LogP contribution in [-0.2, 0) is 13.5 Å². The first kappa shape index (κ1) is 18.5. The van der Waals surface area contributed by atoms with Crippen molar-refractivity contribution in [2.75, 3.05) is 0 Å². The van der Waals surface area contributed by atoms with Gasteiger partial charge in [0.1, 0.15) is 11.4 Å². The fourth-order valence-electron chi connectivity index (χ4n) is 3.02. The van der Waals surface area contributed by atoms with Crippen LogP contribution in [0.25, 0.3) is 23.2 Å². The molecule has 0 amide bonds. The molecule has 7 heteroatoms. The maximum atomic E-state index is 12.3. The van der Waals surface area contributed by atoms with Crippen molar-refractivity contribution in [1.29, 1.82) is 0 Å². The molecule has 1 aromatic carbocycles. The molecule has 4 rings (SSSR count). The molecule has 144 valence electrons. The molecule has 29 heavy (non-hydrogen) atoms. The van der Waals surface area contributed by atoms with E-state index in [2.05, 4.69) is 20.2 Å². The summed E-state index contributed by atoms with van der Waals surface area (Å²) in [6, 6.07) is 9.40. The molecular formula is C22H20N6O.